The van der Waals surface area contributed by atoms with Crippen molar-refractivity contribution in [3.05, 3.63) is 0 Å². The smallest absolute Gasteiger partial charge is 0.314 e. The van der Waals surface area contributed by atoms with E-state index in [1.807, 2.05) is 0 Å². The molecule has 66 valence electrons. The van der Waals surface area contributed by atoms with Crippen LogP contribution >= 0.6 is 0 Å². The molecule has 4 N–H and O–H groups in total. The first-order valence-corrected chi connectivity index (χ1v) is 3.47. The van der Waals surface area contributed by atoms with Crippen LogP contribution in [0.5, 0.6) is 0 Å². The first-order chi connectivity index (χ1) is 5.16. The minimum absolute atomic E-state index is 0.0813. The fourth-order valence-corrected chi connectivity index (χ4v) is 0.472. The maximum Gasteiger partial charge on any atom is 0.314 e. The van der Waals surface area contributed by atoms with Gasteiger partial charge in [0.05, 0.1) is 12.7 Å². The summed E-state index contributed by atoms with van der Waals surface area (Å²) in [7, 11) is 0. The number of urea groups is 1. The van der Waals surface area contributed by atoms with Gasteiger partial charge in [0, 0.05) is 13.1 Å². The van der Waals surface area contributed by atoms with Gasteiger partial charge in [-0.15, -0.1) is 0 Å². The minimum Gasteiger partial charge on any atom is -0.395 e. The van der Waals surface area contributed by atoms with Crippen molar-refractivity contribution in [2.24, 2.45) is 0 Å². The molecule has 1 atom stereocenters. The van der Waals surface area contributed by atoms with E-state index in [0.717, 1.165) is 0 Å². The quantitative estimate of drug-likeness (QED) is 0.413. The summed E-state index contributed by atoms with van der Waals surface area (Å²) < 4.78 is 0. The highest BCUT2D eigenvalue weighted by atomic mass is 16.3. The molecule has 0 aliphatic rings. The maximum atomic E-state index is 10.7. The van der Waals surface area contributed by atoms with Gasteiger partial charge in [0.15, 0.2) is 0 Å². The zero-order chi connectivity index (χ0) is 8.69. The minimum atomic E-state index is -0.546. The summed E-state index contributed by atoms with van der Waals surface area (Å²) in [6.07, 6.45) is -0.546. The van der Waals surface area contributed by atoms with E-state index in [1.54, 1.807) is 6.92 Å². The van der Waals surface area contributed by atoms with Crippen molar-refractivity contribution in [3.63, 3.8) is 0 Å². The van der Waals surface area contributed by atoms with Crippen LogP contribution in [0.3, 0.4) is 0 Å². The Hall–Kier alpha value is -0.810. The van der Waals surface area contributed by atoms with Crippen molar-refractivity contribution in [3.8, 4) is 0 Å². The van der Waals surface area contributed by atoms with Gasteiger partial charge in [0.25, 0.3) is 0 Å². The van der Waals surface area contributed by atoms with Crippen molar-refractivity contribution in [1.82, 2.24) is 10.6 Å². The van der Waals surface area contributed by atoms with Crippen LogP contribution in [0, 0.1) is 0 Å². The zero-order valence-electron chi connectivity index (χ0n) is 6.50. The number of rotatable bonds is 4. The Morgan fingerprint density at radius 3 is 2.64 bits per heavy atom. The Bertz CT molecular complexity index is 116. The standard InChI is InChI=1S/C6H14N2O3/c1-5(10)4-8-6(11)7-2-3-9/h5,9-10H,2-4H2,1H3,(H2,7,8,11). The van der Waals surface area contributed by atoms with Gasteiger partial charge >= 0.3 is 6.03 Å². The summed E-state index contributed by atoms with van der Waals surface area (Å²) in [5, 5.41) is 21.8. The molecule has 0 bridgehead atoms. The lowest BCUT2D eigenvalue weighted by Gasteiger charge is -2.07. The van der Waals surface area contributed by atoms with Crippen molar-refractivity contribution < 1.29 is 15.0 Å². The van der Waals surface area contributed by atoms with E-state index in [2.05, 4.69) is 10.6 Å². The predicted octanol–water partition coefficient (Wildman–Crippen LogP) is -1.34. The molecule has 0 heterocycles. The molecule has 0 aromatic carbocycles. The molecule has 0 aliphatic carbocycles. The molecule has 5 heteroatoms. The van der Waals surface area contributed by atoms with Crippen LogP contribution in [-0.4, -0.2) is 42.0 Å². The van der Waals surface area contributed by atoms with Crippen LogP contribution < -0.4 is 10.6 Å². The normalized spacial score (nSPS) is 12.3. The molecule has 0 saturated heterocycles. The molecule has 0 fully saturated rings. The summed E-state index contributed by atoms with van der Waals surface area (Å²) in [5.41, 5.74) is 0. The molecular weight excluding hydrogens is 148 g/mol. The summed E-state index contributed by atoms with van der Waals surface area (Å²) in [4.78, 5) is 10.7. The monoisotopic (exact) mass is 162 g/mol. The SMILES string of the molecule is CC(O)CNC(=O)NCCO. The molecule has 0 aromatic rings. The maximum absolute atomic E-state index is 10.7. The van der Waals surface area contributed by atoms with Gasteiger partial charge in [0.2, 0.25) is 0 Å². The highest BCUT2D eigenvalue weighted by Gasteiger charge is 1.99. The first kappa shape index (κ1) is 10.2. The van der Waals surface area contributed by atoms with Crippen LogP contribution in [0.15, 0.2) is 0 Å². The third-order valence-corrected chi connectivity index (χ3v) is 0.955. The van der Waals surface area contributed by atoms with Crippen molar-refractivity contribution in [2.45, 2.75) is 13.0 Å². The highest BCUT2D eigenvalue weighted by Crippen LogP contribution is 1.74. The average Bonchev–Trinajstić information content (AvgIpc) is 1.97. The summed E-state index contributed by atoms with van der Waals surface area (Å²) in [6, 6.07) is -0.375. The molecule has 0 radical (unpaired) electrons. The van der Waals surface area contributed by atoms with Gasteiger partial charge in [0.1, 0.15) is 0 Å². The molecule has 0 aliphatic heterocycles. The molecule has 0 spiro atoms. The Kier molecular flexibility index (Phi) is 5.50. The Balaban J connectivity index is 3.23. The van der Waals surface area contributed by atoms with Crippen LogP contribution in [-0.2, 0) is 0 Å². The second-order valence-corrected chi connectivity index (χ2v) is 2.21. The Morgan fingerprint density at radius 2 is 2.18 bits per heavy atom. The number of amides is 2. The third kappa shape index (κ3) is 7.08. The van der Waals surface area contributed by atoms with E-state index < -0.39 is 6.10 Å². The molecule has 0 aromatic heterocycles. The van der Waals surface area contributed by atoms with Gasteiger partial charge in [-0.3, -0.25) is 0 Å². The Morgan fingerprint density at radius 1 is 1.55 bits per heavy atom. The number of aliphatic hydroxyl groups excluding tert-OH is 2. The van der Waals surface area contributed by atoms with Gasteiger partial charge in [-0.05, 0) is 6.92 Å². The largest absolute Gasteiger partial charge is 0.395 e. The molecule has 0 rings (SSSR count). The molecule has 2 amide bonds. The van der Waals surface area contributed by atoms with E-state index in [1.165, 1.54) is 0 Å². The van der Waals surface area contributed by atoms with Crippen LogP contribution in [0.1, 0.15) is 6.92 Å². The number of nitrogens with one attached hydrogen (secondary N) is 2. The van der Waals surface area contributed by atoms with E-state index in [0.29, 0.717) is 0 Å². The molecule has 0 saturated carbocycles. The topological polar surface area (TPSA) is 81.6 Å². The number of aliphatic hydroxyl groups is 2. The fourth-order valence-electron chi connectivity index (χ4n) is 0.472. The second-order valence-electron chi connectivity index (χ2n) is 2.21. The first-order valence-electron chi connectivity index (χ1n) is 3.47. The molecule has 11 heavy (non-hydrogen) atoms. The van der Waals surface area contributed by atoms with Crippen molar-refractivity contribution in [2.75, 3.05) is 19.7 Å². The third-order valence-electron chi connectivity index (χ3n) is 0.955. The second kappa shape index (κ2) is 5.94. The van der Waals surface area contributed by atoms with E-state index in [9.17, 15) is 4.79 Å². The zero-order valence-corrected chi connectivity index (χ0v) is 6.50. The summed E-state index contributed by atoms with van der Waals surface area (Å²) in [6.45, 7) is 1.94. The summed E-state index contributed by atoms with van der Waals surface area (Å²) in [5.74, 6) is 0. The van der Waals surface area contributed by atoms with Crippen LogP contribution in [0.2, 0.25) is 0 Å². The van der Waals surface area contributed by atoms with Gasteiger partial charge in [-0.2, -0.15) is 0 Å². The predicted molar refractivity (Wildman–Crippen MR) is 40.2 cm³/mol. The fraction of sp³-hybridized carbons (Fsp3) is 0.833. The van der Waals surface area contributed by atoms with E-state index in [4.69, 9.17) is 10.2 Å². The molecule has 5 nitrogen and oxygen atoms in total. The lowest BCUT2D eigenvalue weighted by molar-refractivity contribution is 0.187. The number of hydrogen-bond acceptors (Lipinski definition) is 3. The molecular formula is C6H14N2O3. The lowest BCUT2D eigenvalue weighted by Crippen LogP contribution is -2.40. The van der Waals surface area contributed by atoms with Crippen LogP contribution in [0.25, 0.3) is 0 Å². The number of carbonyl (C=O) groups excluding carboxylic acids is 1. The van der Waals surface area contributed by atoms with E-state index in [-0.39, 0.29) is 25.7 Å². The summed E-state index contributed by atoms with van der Waals surface area (Å²) >= 11 is 0. The van der Waals surface area contributed by atoms with E-state index >= 15 is 0 Å². The number of hydrogen-bond donors (Lipinski definition) is 4. The van der Waals surface area contributed by atoms with Gasteiger partial charge in [-0.1, -0.05) is 0 Å². The van der Waals surface area contributed by atoms with Gasteiger partial charge < -0.3 is 20.8 Å². The Labute approximate surface area is 65.4 Å². The van der Waals surface area contributed by atoms with Crippen molar-refractivity contribution >= 4 is 6.03 Å². The van der Waals surface area contributed by atoms with Crippen LogP contribution in [0.4, 0.5) is 4.79 Å². The highest BCUT2D eigenvalue weighted by molar-refractivity contribution is 5.73. The van der Waals surface area contributed by atoms with Crippen molar-refractivity contribution in [1.29, 1.82) is 0 Å². The lowest BCUT2D eigenvalue weighted by atomic mass is 10.4. The number of carbonyl (C=O) groups is 1. The molecule has 1 unspecified atom stereocenters. The van der Waals surface area contributed by atoms with Gasteiger partial charge in [-0.25, -0.2) is 4.79 Å². The average molecular weight is 162 g/mol.